The molecule has 0 radical (unpaired) electrons. The number of aromatic nitrogens is 1. The zero-order valence-electron chi connectivity index (χ0n) is 12.4. The van der Waals surface area contributed by atoms with Gasteiger partial charge in [-0.3, -0.25) is 9.69 Å². The fourth-order valence-corrected chi connectivity index (χ4v) is 2.68. The minimum atomic E-state index is 0.224. The van der Waals surface area contributed by atoms with Gasteiger partial charge in [-0.2, -0.15) is 0 Å². The van der Waals surface area contributed by atoms with Crippen molar-refractivity contribution in [1.82, 2.24) is 9.47 Å². The Morgan fingerprint density at radius 2 is 2.21 bits per heavy atom. The fraction of sp³-hybridized carbons (Fsp3) is 0.667. The average molecular weight is 264 g/mol. The number of morpholine rings is 1. The topological polar surface area (TPSA) is 34.5 Å². The SMILES string of the molecule is CCC1COCCN1CC(=O)c1cc(C)n(C)c1C. The van der Waals surface area contributed by atoms with Gasteiger partial charge in [0, 0.05) is 36.6 Å². The summed E-state index contributed by atoms with van der Waals surface area (Å²) in [6, 6.07) is 2.38. The third-order valence-electron chi connectivity index (χ3n) is 4.24. The molecule has 2 rings (SSSR count). The minimum absolute atomic E-state index is 0.224. The van der Waals surface area contributed by atoms with Gasteiger partial charge >= 0.3 is 0 Å². The van der Waals surface area contributed by atoms with Crippen LogP contribution in [-0.2, 0) is 11.8 Å². The molecule has 0 bridgehead atoms. The number of carbonyl (C=O) groups is 1. The van der Waals surface area contributed by atoms with Crippen LogP contribution >= 0.6 is 0 Å². The van der Waals surface area contributed by atoms with Gasteiger partial charge in [-0.15, -0.1) is 0 Å². The van der Waals surface area contributed by atoms with E-state index in [1.54, 1.807) is 0 Å². The van der Waals surface area contributed by atoms with Gasteiger partial charge in [-0.1, -0.05) is 6.92 Å². The summed E-state index contributed by atoms with van der Waals surface area (Å²) in [5.41, 5.74) is 3.06. The summed E-state index contributed by atoms with van der Waals surface area (Å²) >= 11 is 0. The van der Waals surface area contributed by atoms with E-state index in [1.807, 2.05) is 27.0 Å². The Morgan fingerprint density at radius 3 is 2.79 bits per heavy atom. The first-order valence-corrected chi connectivity index (χ1v) is 7.02. The van der Waals surface area contributed by atoms with Gasteiger partial charge in [0.05, 0.1) is 19.8 Å². The van der Waals surface area contributed by atoms with Gasteiger partial charge in [0.1, 0.15) is 0 Å². The summed E-state index contributed by atoms with van der Waals surface area (Å²) in [6.07, 6.45) is 1.03. The quantitative estimate of drug-likeness (QED) is 0.779. The van der Waals surface area contributed by atoms with Crippen molar-refractivity contribution >= 4 is 5.78 Å². The number of Topliss-reactive ketones (excluding diaryl/α,β-unsaturated/α-hetero) is 1. The Balaban J connectivity index is 2.09. The van der Waals surface area contributed by atoms with Crippen LogP contribution in [0, 0.1) is 13.8 Å². The van der Waals surface area contributed by atoms with E-state index in [1.165, 1.54) is 0 Å². The van der Waals surface area contributed by atoms with E-state index in [9.17, 15) is 4.79 Å². The van der Waals surface area contributed by atoms with Crippen molar-refractivity contribution in [1.29, 1.82) is 0 Å². The second-order valence-corrected chi connectivity index (χ2v) is 5.37. The van der Waals surface area contributed by atoms with Crippen molar-refractivity contribution in [3.8, 4) is 0 Å². The van der Waals surface area contributed by atoms with Crippen molar-refractivity contribution in [2.24, 2.45) is 7.05 Å². The van der Waals surface area contributed by atoms with E-state index in [4.69, 9.17) is 4.74 Å². The molecule has 4 nitrogen and oxygen atoms in total. The maximum Gasteiger partial charge on any atom is 0.178 e. The minimum Gasteiger partial charge on any atom is -0.378 e. The molecule has 0 N–H and O–H groups in total. The molecule has 106 valence electrons. The monoisotopic (exact) mass is 264 g/mol. The predicted octanol–water partition coefficient (Wildman–Crippen LogP) is 1.94. The molecule has 1 unspecified atom stereocenters. The van der Waals surface area contributed by atoms with E-state index < -0.39 is 0 Å². The molecule has 4 heteroatoms. The fourth-order valence-electron chi connectivity index (χ4n) is 2.68. The highest BCUT2D eigenvalue weighted by Gasteiger charge is 2.25. The molecule has 1 aromatic heterocycles. The Bertz CT molecular complexity index is 465. The second-order valence-electron chi connectivity index (χ2n) is 5.37. The van der Waals surface area contributed by atoms with E-state index in [0.717, 1.165) is 43.1 Å². The van der Waals surface area contributed by atoms with Crippen molar-refractivity contribution in [2.75, 3.05) is 26.3 Å². The van der Waals surface area contributed by atoms with Crippen LogP contribution in [0.2, 0.25) is 0 Å². The summed E-state index contributed by atoms with van der Waals surface area (Å²) in [6.45, 7) is 9.04. The van der Waals surface area contributed by atoms with Crippen LogP contribution < -0.4 is 0 Å². The smallest absolute Gasteiger partial charge is 0.178 e. The summed E-state index contributed by atoms with van der Waals surface area (Å²) in [5.74, 6) is 0.224. The van der Waals surface area contributed by atoms with Crippen molar-refractivity contribution in [3.63, 3.8) is 0 Å². The predicted molar refractivity (Wildman–Crippen MR) is 75.7 cm³/mol. The highest BCUT2D eigenvalue weighted by atomic mass is 16.5. The number of hydrogen-bond acceptors (Lipinski definition) is 3. The standard InChI is InChI=1S/C15H24N2O2/c1-5-13-10-19-7-6-17(13)9-15(18)14-8-11(2)16(4)12(14)3/h8,13H,5-7,9-10H2,1-4H3. The Kier molecular flexibility index (Phi) is 4.42. The molecule has 1 aliphatic rings. The van der Waals surface area contributed by atoms with Crippen molar-refractivity contribution in [3.05, 3.63) is 23.0 Å². The van der Waals surface area contributed by atoms with E-state index in [2.05, 4.69) is 16.4 Å². The van der Waals surface area contributed by atoms with E-state index in [-0.39, 0.29) is 5.78 Å². The van der Waals surface area contributed by atoms with Gasteiger partial charge in [0.2, 0.25) is 0 Å². The number of ether oxygens (including phenoxy) is 1. The molecular formula is C15H24N2O2. The van der Waals surface area contributed by atoms with Crippen LogP contribution in [0.15, 0.2) is 6.07 Å². The molecule has 1 aliphatic heterocycles. The molecule has 1 aromatic rings. The lowest BCUT2D eigenvalue weighted by Crippen LogP contribution is -2.47. The normalized spacial score (nSPS) is 20.7. The van der Waals surface area contributed by atoms with Crippen molar-refractivity contribution in [2.45, 2.75) is 33.2 Å². The lowest BCUT2D eigenvalue weighted by molar-refractivity contribution is -0.00586. The molecule has 2 heterocycles. The third kappa shape index (κ3) is 2.90. The average Bonchev–Trinajstić information content (AvgIpc) is 2.67. The van der Waals surface area contributed by atoms with Crippen LogP contribution in [0.4, 0.5) is 0 Å². The highest BCUT2D eigenvalue weighted by molar-refractivity contribution is 5.99. The number of carbonyl (C=O) groups excluding carboxylic acids is 1. The molecule has 0 amide bonds. The van der Waals surface area contributed by atoms with E-state index in [0.29, 0.717) is 12.6 Å². The van der Waals surface area contributed by atoms with E-state index >= 15 is 0 Å². The number of nitrogens with zero attached hydrogens (tertiary/aromatic N) is 2. The lowest BCUT2D eigenvalue weighted by atomic mass is 10.1. The first-order chi connectivity index (χ1) is 9.04. The molecule has 1 atom stereocenters. The summed E-state index contributed by atoms with van der Waals surface area (Å²) in [7, 11) is 2.00. The maximum atomic E-state index is 12.5. The van der Waals surface area contributed by atoms with Crippen LogP contribution in [0.5, 0.6) is 0 Å². The Morgan fingerprint density at radius 1 is 1.47 bits per heavy atom. The van der Waals surface area contributed by atoms with Crippen LogP contribution in [-0.4, -0.2) is 47.6 Å². The zero-order valence-corrected chi connectivity index (χ0v) is 12.4. The van der Waals surface area contributed by atoms with Crippen LogP contribution in [0.1, 0.15) is 35.1 Å². The van der Waals surface area contributed by atoms with Gasteiger partial charge in [-0.05, 0) is 26.3 Å². The van der Waals surface area contributed by atoms with Gasteiger partial charge < -0.3 is 9.30 Å². The molecular weight excluding hydrogens is 240 g/mol. The molecule has 1 fully saturated rings. The molecule has 1 saturated heterocycles. The van der Waals surface area contributed by atoms with Gasteiger partial charge in [0.15, 0.2) is 5.78 Å². The number of aryl methyl sites for hydroxylation is 1. The first-order valence-electron chi connectivity index (χ1n) is 7.02. The summed E-state index contributed by atoms with van der Waals surface area (Å²) < 4.78 is 7.55. The molecule has 0 aromatic carbocycles. The molecule has 0 spiro atoms. The largest absolute Gasteiger partial charge is 0.378 e. The summed E-state index contributed by atoms with van der Waals surface area (Å²) in [5, 5.41) is 0. The maximum absolute atomic E-state index is 12.5. The van der Waals surface area contributed by atoms with Crippen LogP contribution in [0.3, 0.4) is 0 Å². The highest BCUT2D eigenvalue weighted by Crippen LogP contribution is 2.16. The molecule has 0 saturated carbocycles. The van der Waals surface area contributed by atoms with Crippen molar-refractivity contribution < 1.29 is 9.53 Å². The first kappa shape index (κ1) is 14.3. The Hall–Kier alpha value is -1.13. The van der Waals surface area contributed by atoms with Gasteiger partial charge in [-0.25, -0.2) is 0 Å². The Labute approximate surface area is 115 Å². The number of ketones is 1. The number of rotatable bonds is 4. The zero-order chi connectivity index (χ0) is 14.0. The molecule has 19 heavy (non-hydrogen) atoms. The third-order valence-corrected chi connectivity index (χ3v) is 4.24. The summed E-state index contributed by atoms with van der Waals surface area (Å²) in [4.78, 5) is 14.7. The van der Waals surface area contributed by atoms with Gasteiger partial charge in [0.25, 0.3) is 0 Å². The molecule has 0 aliphatic carbocycles. The van der Waals surface area contributed by atoms with Crippen LogP contribution in [0.25, 0.3) is 0 Å². The second kappa shape index (κ2) is 5.88. The number of hydrogen-bond donors (Lipinski definition) is 0. The lowest BCUT2D eigenvalue weighted by Gasteiger charge is -2.34.